The number of benzene rings is 1. The lowest BCUT2D eigenvalue weighted by Crippen LogP contribution is -2.09. The Hall–Kier alpha value is -1.93. The zero-order valence-electron chi connectivity index (χ0n) is 10.2. The van der Waals surface area contributed by atoms with Crippen molar-refractivity contribution in [2.45, 2.75) is 13.0 Å². The van der Waals surface area contributed by atoms with Gasteiger partial charge in [-0.2, -0.15) is 5.26 Å². The number of nitriles is 1. The molecule has 0 saturated carbocycles. The zero-order valence-corrected chi connectivity index (χ0v) is 11.8. The van der Waals surface area contributed by atoms with Gasteiger partial charge in [-0.1, -0.05) is 15.9 Å². The van der Waals surface area contributed by atoms with E-state index in [2.05, 4.69) is 32.3 Å². The van der Waals surface area contributed by atoms with Gasteiger partial charge in [-0.3, -0.25) is 4.98 Å². The first-order chi connectivity index (χ1) is 9.10. The van der Waals surface area contributed by atoms with Gasteiger partial charge in [-0.05, 0) is 37.3 Å². The average molecular weight is 320 g/mol. The van der Waals surface area contributed by atoms with E-state index in [1.807, 2.05) is 19.1 Å². The normalized spacial score (nSPS) is 11.7. The SMILES string of the molecule is CC(Nc1cc(Br)ccc1C#N)c1ccc(F)cn1. The highest BCUT2D eigenvalue weighted by Gasteiger charge is 2.10. The van der Waals surface area contributed by atoms with Crippen LogP contribution in [0.1, 0.15) is 24.2 Å². The number of aromatic nitrogens is 1. The summed E-state index contributed by atoms with van der Waals surface area (Å²) in [5.74, 6) is -0.365. The Morgan fingerprint density at radius 2 is 2.16 bits per heavy atom. The summed E-state index contributed by atoms with van der Waals surface area (Å²) in [4.78, 5) is 4.02. The summed E-state index contributed by atoms with van der Waals surface area (Å²) in [6.07, 6.45) is 1.18. The second-order valence-electron chi connectivity index (χ2n) is 4.07. The summed E-state index contributed by atoms with van der Waals surface area (Å²) in [5, 5.41) is 12.3. The third-order valence-electron chi connectivity index (χ3n) is 2.67. The fraction of sp³-hybridized carbons (Fsp3) is 0.143. The molecule has 0 bridgehead atoms. The molecule has 1 aromatic heterocycles. The molecule has 2 aromatic rings. The van der Waals surface area contributed by atoms with Crippen LogP contribution < -0.4 is 5.32 Å². The van der Waals surface area contributed by atoms with Crippen molar-refractivity contribution in [2.75, 3.05) is 5.32 Å². The zero-order chi connectivity index (χ0) is 13.8. The Morgan fingerprint density at radius 1 is 1.37 bits per heavy atom. The Labute approximate surface area is 119 Å². The van der Waals surface area contributed by atoms with Crippen LogP contribution in [0.3, 0.4) is 0 Å². The lowest BCUT2D eigenvalue weighted by Gasteiger charge is -2.16. The van der Waals surface area contributed by atoms with Crippen LogP contribution in [0.4, 0.5) is 10.1 Å². The molecule has 0 saturated heterocycles. The van der Waals surface area contributed by atoms with Crippen molar-refractivity contribution < 1.29 is 4.39 Å². The van der Waals surface area contributed by atoms with Crippen molar-refractivity contribution in [1.29, 1.82) is 5.26 Å². The summed E-state index contributed by atoms with van der Waals surface area (Å²) < 4.78 is 13.7. The molecule has 19 heavy (non-hydrogen) atoms. The molecule has 1 unspecified atom stereocenters. The smallest absolute Gasteiger partial charge is 0.141 e. The van der Waals surface area contributed by atoms with Gasteiger partial charge in [0, 0.05) is 4.47 Å². The monoisotopic (exact) mass is 319 g/mol. The van der Waals surface area contributed by atoms with E-state index in [9.17, 15) is 4.39 Å². The third-order valence-corrected chi connectivity index (χ3v) is 3.16. The summed E-state index contributed by atoms with van der Waals surface area (Å²) in [6.45, 7) is 1.91. The number of anilines is 1. The largest absolute Gasteiger partial charge is 0.376 e. The highest BCUT2D eigenvalue weighted by atomic mass is 79.9. The predicted octanol–water partition coefficient (Wildman–Crippen LogP) is 4.03. The van der Waals surface area contributed by atoms with Gasteiger partial charge in [0.25, 0.3) is 0 Å². The fourth-order valence-corrected chi connectivity index (χ4v) is 2.05. The molecule has 0 spiro atoms. The minimum Gasteiger partial charge on any atom is -0.376 e. The lowest BCUT2D eigenvalue weighted by atomic mass is 10.1. The van der Waals surface area contributed by atoms with Crippen LogP contribution in [0.2, 0.25) is 0 Å². The van der Waals surface area contributed by atoms with Crippen LogP contribution in [-0.2, 0) is 0 Å². The third kappa shape index (κ3) is 3.30. The van der Waals surface area contributed by atoms with E-state index in [0.29, 0.717) is 11.3 Å². The van der Waals surface area contributed by atoms with E-state index in [1.165, 1.54) is 12.3 Å². The van der Waals surface area contributed by atoms with Gasteiger partial charge in [0.2, 0.25) is 0 Å². The van der Waals surface area contributed by atoms with E-state index in [-0.39, 0.29) is 11.9 Å². The second kappa shape index (κ2) is 5.81. The predicted molar refractivity (Wildman–Crippen MR) is 75.1 cm³/mol. The van der Waals surface area contributed by atoms with Gasteiger partial charge in [0.1, 0.15) is 11.9 Å². The number of nitrogens with zero attached hydrogens (tertiary/aromatic N) is 2. The molecule has 0 fully saturated rings. The van der Waals surface area contributed by atoms with Crippen molar-refractivity contribution in [2.24, 2.45) is 0 Å². The molecule has 2 rings (SSSR count). The summed E-state index contributed by atoms with van der Waals surface area (Å²) >= 11 is 3.37. The lowest BCUT2D eigenvalue weighted by molar-refractivity contribution is 0.617. The van der Waals surface area contributed by atoms with Gasteiger partial charge < -0.3 is 5.32 Å². The van der Waals surface area contributed by atoms with E-state index < -0.39 is 0 Å². The highest BCUT2D eigenvalue weighted by Crippen LogP contribution is 2.24. The van der Waals surface area contributed by atoms with E-state index >= 15 is 0 Å². The molecule has 3 nitrogen and oxygen atoms in total. The first kappa shape index (κ1) is 13.5. The number of hydrogen-bond acceptors (Lipinski definition) is 3. The Kier molecular flexibility index (Phi) is 4.13. The van der Waals surface area contributed by atoms with Crippen LogP contribution in [0.25, 0.3) is 0 Å². The van der Waals surface area contributed by atoms with Crippen LogP contribution in [0.5, 0.6) is 0 Å². The maximum Gasteiger partial charge on any atom is 0.141 e. The van der Waals surface area contributed by atoms with Crippen LogP contribution in [0, 0.1) is 17.1 Å². The van der Waals surface area contributed by atoms with Crippen LogP contribution in [-0.4, -0.2) is 4.98 Å². The molecule has 96 valence electrons. The summed E-state index contributed by atoms with van der Waals surface area (Å²) in [5.41, 5.74) is 1.98. The molecule has 5 heteroatoms. The minimum absolute atomic E-state index is 0.123. The molecular formula is C14H11BrFN3. The molecule has 1 aromatic carbocycles. The van der Waals surface area contributed by atoms with Crippen molar-refractivity contribution in [3.63, 3.8) is 0 Å². The maximum atomic E-state index is 12.8. The molecule has 0 radical (unpaired) electrons. The minimum atomic E-state index is -0.365. The maximum absolute atomic E-state index is 12.8. The Bertz CT molecular complexity index is 620. The van der Waals surface area contributed by atoms with E-state index in [1.54, 1.807) is 12.1 Å². The van der Waals surface area contributed by atoms with E-state index in [0.717, 1.165) is 10.2 Å². The van der Waals surface area contributed by atoms with Gasteiger partial charge in [-0.15, -0.1) is 0 Å². The van der Waals surface area contributed by atoms with Crippen molar-refractivity contribution in [3.8, 4) is 6.07 Å². The number of rotatable bonds is 3. The molecule has 1 N–H and O–H groups in total. The second-order valence-corrected chi connectivity index (χ2v) is 4.98. The molecule has 1 atom stereocenters. The molecule has 0 aliphatic heterocycles. The number of hydrogen-bond donors (Lipinski definition) is 1. The van der Waals surface area contributed by atoms with Gasteiger partial charge in [0.05, 0.1) is 29.2 Å². The van der Waals surface area contributed by atoms with Crippen molar-refractivity contribution >= 4 is 21.6 Å². The molecule has 0 aliphatic carbocycles. The van der Waals surface area contributed by atoms with Gasteiger partial charge in [0.15, 0.2) is 0 Å². The number of nitrogens with one attached hydrogen (secondary N) is 1. The summed E-state index contributed by atoms with van der Waals surface area (Å²) in [7, 11) is 0. The quantitative estimate of drug-likeness (QED) is 0.929. The van der Waals surface area contributed by atoms with Crippen LogP contribution >= 0.6 is 15.9 Å². The summed E-state index contributed by atoms with van der Waals surface area (Å²) in [6, 6.07) is 10.4. The number of halogens is 2. The number of pyridine rings is 1. The highest BCUT2D eigenvalue weighted by molar-refractivity contribution is 9.10. The standard InChI is InChI=1S/C14H11BrFN3/c1-9(13-5-4-12(16)8-18-13)19-14-6-11(15)3-2-10(14)7-17/h2-6,8-9,19H,1H3. The topological polar surface area (TPSA) is 48.7 Å². The molecule has 0 amide bonds. The Balaban J connectivity index is 2.23. The van der Waals surface area contributed by atoms with Gasteiger partial charge in [-0.25, -0.2) is 4.39 Å². The van der Waals surface area contributed by atoms with Crippen molar-refractivity contribution in [3.05, 3.63) is 58.1 Å². The Morgan fingerprint density at radius 3 is 2.79 bits per heavy atom. The average Bonchev–Trinajstić information content (AvgIpc) is 2.39. The molecule has 0 aliphatic rings. The van der Waals surface area contributed by atoms with Gasteiger partial charge >= 0.3 is 0 Å². The fourth-order valence-electron chi connectivity index (χ4n) is 1.68. The molecule has 1 heterocycles. The van der Waals surface area contributed by atoms with Crippen molar-refractivity contribution in [1.82, 2.24) is 4.98 Å². The first-order valence-corrected chi connectivity index (χ1v) is 6.47. The van der Waals surface area contributed by atoms with Crippen LogP contribution in [0.15, 0.2) is 41.0 Å². The first-order valence-electron chi connectivity index (χ1n) is 5.68. The molecular weight excluding hydrogens is 309 g/mol. The van der Waals surface area contributed by atoms with E-state index in [4.69, 9.17) is 5.26 Å².